The Labute approximate surface area is 141 Å². The first-order chi connectivity index (χ1) is 11.1. The van der Waals surface area contributed by atoms with Crippen molar-refractivity contribution in [1.82, 2.24) is 5.06 Å². The molecule has 0 atom stereocenters. The second kappa shape index (κ2) is 6.32. The molecule has 0 N–H and O–H groups in total. The highest BCUT2D eigenvalue weighted by atomic mass is 16.6. The summed E-state index contributed by atoms with van der Waals surface area (Å²) in [5, 5.41) is 25.9. The van der Waals surface area contributed by atoms with E-state index >= 15 is 0 Å². The molecule has 2 rings (SSSR count). The maximum Gasteiger partial charge on any atom is 0.344 e. The fraction of sp³-hybridized carbons (Fsp3) is 0.529. The van der Waals surface area contributed by atoms with Gasteiger partial charge in [-0.25, -0.2) is 4.79 Å². The lowest BCUT2D eigenvalue weighted by atomic mass is 9.84. The average Bonchev–Trinajstić information content (AvgIpc) is 2.64. The monoisotopic (exact) mass is 335 g/mol. The fourth-order valence-electron chi connectivity index (χ4n) is 2.39. The molecule has 0 amide bonds. The fourth-order valence-corrected chi connectivity index (χ4v) is 2.39. The summed E-state index contributed by atoms with van der Waals surface area (Å²) in [7, 11) is 0. The highest BCUT2D eigenvalue weighted by molar-refractivity contribution is 5.96. The summed E-state index contributed by atoms with van der Waals surface area (Å²) in [6.45, 7) is 8.81. The quantitative estimate of drug-likeness (QED) is 0.467. The molecule has 0 bridgehead atoms. The van der Waals surface area contributed by atoms with Crippen LogP contribution < -0.4 is 4.74 Å². The predicted molar refractivity (Wildman–Crippen MR) is 87.0 cm³/mol. The molecule has 0 saturated carbocycles. The van der Waals surface area contributed by atoms with Crippen LogP contribution in [-0.2, 0) is 14.7 Å². The number of esters is 1. The van der Waals surface area contributed by atoms with Gasteiger partial charge in [-0.05, 0) is 58.9 Å². The van der Waals surface area contributed by atoms with Gasteiger partial charge in [-0.2, -0.15) is 0 Å². The van der Waals surface area contributed by atoms with Crippen molar-refractivity contribution < 1.29 is 24.2 Å². The summed E-state index contributed by atoms with van der Waals surface area (Å²) < 4.78 is 10.8. The lowest BCUT2D eigenvalue weighted by Gasteiger charge is -2.32. The van der Waals surface area contributed by atoms with Crippen LogP contribution in [0, 0.1) is 5.21 Å². The molecular formula is C17H23N2O5. The van der Waals surface area contributed by atoms with Gasteiger partial charge in [0, 0.05) is 5.21 Å². The Kier molecular flexibility index (Phi) is 4.75. The van der Waals surface area contributed by atoms with Crippen LogP contribution in [0.4, 0.5) is 0 Å². The van der Waals surface area contributed by atoms with Crippen molar-refractivity contribution in [3.63, 3.8) is 0 Å². The molecule has 0 aromatic heterocycles. The summed E-state index contributed by atoms with van der Waals surface area (Å²) in [4.78, 5) is 11.3. The lowest BCUT2D eigenvalue weighted by molar-refractivity contribution is -0.539. The van der Waals surface area contributed by atoms with Crippen LogP contribution in [0.3, 0.4) is 0 Å². The van der Waals surface area contributed by atoms with E-state index in [0.717, 1.165) is 9.80 Å². The minimum atomic E-state index is -0.858. The van der Waals surface area contributed by atoms with E-state index in [1.807, 2.05) is 0 Å². The Morgan fingerprint density at radius 1 is 1.21 bits per heavy atom. The van der Waals surface area contributed by atoms with Gasteiger partial charge < -0.3 is 14.7 Å². The molecule has 0 unspecified atom stereocenters. The Hall–Kier alpha value is -2.28. The van der Waals surface area contributed by atoms with E-state index < -0.39 is 17.0 Å². The molecule has 1 aliphatic heterocycles. The first-order valence-electron chi connectivity index (χ1n) is 7.83. The normalized spacial score (nSPS) is 18.7. The molecule has 1 heterocycles. The van der Waals surface area contributed by atoms with Crippen LogP contribution in [-0.4, -0.2) is 45.9 Å². The third kappa shape index (κ3) is 2.91. The Morgan fingerprint density at radius 3 is 2.25 bits per heavy atom. The lowest BCUT2D eigenvalue weighted by Crippen LogP contribution is -2.53. The molecule has 24 heavy (non-hydrogen) atoms. The number of carbonyl (C=O) groups excluding carboxylic acids is 1. The number of carbonyl (C=O) groups is 1. The summed E-state index contributed by atoms with van der Waals surface area (Å²) in [5.74, 6) is 0.0764. The standard InChI is InChI=1S/C17H23N2O5/c1-6-23-14(20)11-24-13-9-7-12(8-10-13)15-18(21)16(2,3)17(4,5)19(15)22/h7-10H,6,11H2,1-5H3. The zero-order chi connectivity index (χ0) is 18.1. The van der Waals surface area contributed by atoms with Crippen LogP contribution in [0.2, 0.25) is 0 Å². The molecule has 1 aromatic rings. The Bertz CT molecular complexity index is 649. The van der Waals surface area contributed by atoms with Crippen LogP contribution in [0.1, 0.15) is 40.2 Å². The van der Waals surface area contributed by atoms with Crippen LogP contribution in [0.15, 0.2) is 24.3 Å². The molecule has 0 saturated heterocycles. The van der Waals surface area contributed by atoms with E-state index in [2.05, 4.69) is 0 Å². The van der Waals surface area contributed by atoms with Crippen molar-refractivity contribution >= 4 is 11.8 Å². The van der Waals surface area contributed by atoms with Crippen LogP contribution in [0.25, 0.3) is 0 Å². The van der Waals surface area contributed by atoms with Gasteiger partial charge in [0.05, 0.1) is 12.2 Å². The summed E-state index contributed by atoms with van der Waals surface area (Å²) in [6, 6.07) is 6.48. The molecule has 0 spiro atoms. The van der Waals surface area contributed by atoms with E-state index in [1.165, 1.54) is 0 Å². The van der Waals surface area contributed by atoms with Gasteiger partial charge in [-0.3, -0.25) is 4.74 Å². The van der Waals surface area contributed by atoms with Gasteiger partial charge in [-0.1, -0.05) is 5.06 Å². The molecule has 1 aromatic carbocycles. The molecule has 1 radical (unpaired) electrons. The summed E-state index contributed by atoms with van der Waals surface area (Å²) in [6.07, 6.45) is 0. The van der Waals surface area contributed by atoms with E-state index in [4.69, 9.17) is 9.47 Å². The zero-order valence-corrected chi connectivity index (χ0v) is 14.7. The summed E-state index contributed by atoms with van der Waals surface area (Å²) >= 11 is 0. The number of hydrogen-bond acceptors (Lipinski definition) is 5. The van der Waals surface area contributed by atoms with Crippen molar-refractivity contribution in [3.05, 3.63) is 35.0 Å². The molecule has 131 valence electrons. The predicted octanol–water partition coefficient (Wildman–Crippen LogP) is 2.10. The van der Waals surface area contributed by atoms with E-state index in [0.29, 0.717) is 17.9 Å². The number of hydroxylamine groups is 3. The van der Waals surface area contributed by atoms with Crippen LogP contribution >= 0.6 is 0 Å². The SMILES string of the molecule is CCOC(=O)COc1ccc(C2=[N+]([O-])C(C)(C)C(C)(C)N2[O])cc1. The minimum absolute atomic E-state index is 0.0712. The van der Waals surface area contributed by atoms with Gasteiger partial charge in [0.2, 0.25) is 0 Å². The van der Waals surface area contributed by atoms with Gasteiger partial charge in [-0.15, -0.1) is 0 Å². The van der Waals surface area contributed by atoms with E-state index in [9.17, 15) is 15.2 Å². The van der Waals surface area contributed by atoms with Gasteiger partial charge in [0.15, 0.2) is 12.1 Å². The summed E-state index contributed by atoms with van der Waals surface area (Å²) in [5.41, 5.74) is -1.21. The smallest absolute Gasteiger partial charge is 0.344 e. The molecule has 0 fully saturated rings. The first-order valence-corrected chi connectivity index (χ1v) is 7.83. The minimum Gasteiger partial charge on any atom is -0.714 e. The number of amidine groups is 1. The maximum atomic E-state index is 12.6. The van der Waals surface area contributed by atoms with Gasteiger partial charge in [0.25, 0.3) is 0 Å². The third-order valence-electron chi connectivity index (χ3n) is 4.67. The Balaban J connectivity index is 2.19. The van der Waals surface area contributed by atoms with Crippen molar-refractivity contribution in [2.45, 2.75) is 45.7 Å². The zero-order valence-electron chi connectivity index (χ0n) is 14.7. The van der Waals surface area contributed by atoms with Crippen LogP contribution in [0.5, 0.6) is 5.75 Å². The van der Waals surface area contributed by atoms with E-state index in [1.54, 1.807) is 58.9 Å². The van der Waals surface area contributed by atoms with Crippen molar-refractivity contribution in [3.8, 4) is 5.75 Å². The number of benzene rings is 1. The van der Waals surface area contributed by atoms with Gasteiger partial charge in [0.1, 0.15) is 11.3 Å². The first kappa shape index (κ1) is 18.1. The number of hydrogen-bond donors (Lipinski definition) is 0. The largest absolute Gasteiger partial charge is 0.714 e. The van der Waals surface area contributed by atoms with Crippen molar-refractivity contribution in [2.24, 2.45) is 0 Å². The molecule has 1 aliphatic rings. The molecule has 0 aliphatic carbocycles. The highest BCUT2D eigenvalue weighted by Crippen LogP contribution is 2.37. The molecular weight excluding hydrogens is 312 g/mol. The topological polar surface area (TPSA) is 84.7 Å². The molecule has 7 heteroatoms. The van der Waals surface area contributed by atoms with Gasteiger partial charge >= 0.3 is 11.8 Å². The van der Waals surface area contributed by atoms with Crippen molar-refractivity contribution in [1.29, 1.82) is 0 Å². The second-order valence-electron chi connectivity index (χ2n) is 6.65. The number of ether oxygens (including phenoxy) is 2. The molecule has 7 nitrogen and oxygen atoms in total. The van der Waals surface area contributed by atoms with E-state index in [-0.39, 0.29) is 12.4 Å². The second-order valence-corrected chi connectivity index (χ2v) is 6.65. The number of nitrogens with zero attached hydrogens (tertiary/aromatic N) is 2. The van der Waals surface area contributed by atoms with Crippen molar-refractivity contribution in [2.75, 3.05) is 13.2 Å². The average molecular weight is 335 g/mol. The number of rotatable bonds is 5. The third-order valence-corrected chi connectivity index (χ3v) is 4.67. The Morgan fingerprint density at radius 2 is 1.79 bits per heavy atom. The highest BCUT2D eigenvalue weighted by Gasteiger charge is 2.59. The maximum absolute atomic E-state index is 12.6.